The minimum atomic E-state index is -1.40. The molecule has 56 valence electrons. The van der Waals surface area contributed by atoms with Crippen LogP contribution in [0, 0.1) is 0 Å². The van der Waals surface area contributed by atoms with Gasteiger partial charge in [0.25, 0.3) is 0 Å². The van der Waals surface area contributed by atoms with Crippen LogP contribution in [0.1, 0.15) is 19.3 Å². The van der Waals surface area contributed by atoms with E-state index in [9.17, 15) is 9.59 Å². The molecule has 1 rings (SSSR count). The maximum absolute atomic E-state index is 10.9. The summed E-state index contributed by atoms with van der Waals surface area (Å²) in [6, 6.07) is 0. The minimum absolute atomic E-state index is 0.217. The molecule has 0 aromatic rings. The molecule has 1 aliphatic carbocycles. The second-order valence-electron chi connectivity index (χ2n) is 2.27. The Kier molecular flexibility index (Phi) is 2.15. The van der Waals surface area contributed by atoms with Gasteiger partial charge in [0.1, 0.15) is 0 Å². The van der Waals surface area contributed by atoms with Crippen LogP contribution in [0.5, 0.6) is 0 Å². The fourth-order valence-corrected chi connectivity index (χ4v) is 1.46. The monoisotopic (exact) mass is 224 g/mol. The van der Waals surface area contributed by atoms with Gasteiger partial charge in [0.05, 0.1) is 0 Å². The number of Topliss-reactive ketones (excluding diaryl/α,β-unsaturated/α-hetero) is 2. The van der Waals surface area contributed by atoms with Gasteiger partial charge in [-0.2, -0.15) is 0 Å². The molecule has 0 spiro atoms. The molecule has 0 aromatic carbocycles. The van der Waals surface area contributed by atoms with Crippen LogP contribution in [0.15, 0.2) is 0 Å². The van der Waals surface area contributed by atoms with E-state index in [1.807, 2.05) is 0 Å². The van der Waals surface area contributed by atoms with Crippen molar-refractivity contribution in [3.8, 4) is 0 Å². The molecule has 0 aromatic heterocycles. The Morgan fingerprint density at radius 3 is 2.00 bits per heavy atom. The van der Waals surface area contributed by atoms with Crippen molar-refractivity contribution in [3.63, 3.8) is 0 Å². The van der Waals surface area contributed by atoms with E-state index in [1.54, 1.807) is 0 Å². The third kappa shape index (κ3) is 1.25. The molecule has 0 saturated heterocycles. The van der Waals surface area contributed by atoms with Gasteiger partial charge in [0, 0.05) is 12.8 Å². The van der Waals surface area contributed by atoms with Crippen molar-refractivity contribution in [1.82, 2.24) is 0 Å². The summed E-state index contributed by atoms with van der Waals surface area (Å²) >= 11 is 8.48. The van der Waals surface area contributed by atoms with E-state index in [2.05, 4.69) is 15.9 Å². The second kappa shape index (κ2) is 2.62. The van der Waals surface area contributed by atoms with Crippen molar-refractivity contribution in [3.05, 3.63) is 0 Å². The lowest BCUT2D eigenvalue weighted by Gasteiger charge is -2.21. The molecule has 0 unspecified atom stereocenters. The number of carbonyl (C=O) groups is 2. The summed E-state index contributed by atoms with van der Waals surface area (Å²) in [5.74, 6) is -0.434. The van der Waals surface area contributed by atoms with Crippen LogP contribution in [0.3, 0.4) is 0 Å². The number of hydrogen-bond donors (Lipinski definition) is 0. The highest BCUT2D eigenvalue weighted by Gasteiger charge is 2.42. The van der Waals surface area contributed by atoms with Crippen molar-refractivity contribution >= 4 is 39.1 Å². The van der Waals surface area contributed by atoms with E-state index in [1.165, 1.54) is 0 Å². The molecule has 0 radical (unpaired) electrons. The van der Waals surface area contributed by atoms with E-state index in [4.69, 9.17) is 11.6 Å². The quantitative estimate of drug-likeness (QED) is 0.464. The van der Waals surface area contributed by atoms with Crippen molar-refractivity contribution in [2.75, 3.05) is 0 Å². The predicted octanol–water partition coefficient (Wildman–Crippen LogP) is 1.64. The van der Waals surface area contributed by atoms with Gasteiger partial charge < -0.3 is 0 Å². The summed E-state index contributed by atoms with van der Waals surface area (Å²) in [7, 11) is 0. The van der Waals surface area contributed by atoms with Gasteiger partial charge in [-0.25, -0.2) is 0 Å². The summed E-state index contributed by atoms with van der Waals surface area (Å²) in [6.07, 6.45) is 1.44. The zero-order valence-electron chi connectivity index (χ0n) is 5.19. The van der Waals surface area contributed by atoms with Crippen LogP contribution in [0.4, 0.5) is 0 Å². The zero-order chi connectivity index (χ0) is 7.78. The van der Waals surface area contributed by atoms with Crippen LogP contribution >= 0.6 is 27.5 Å². The first kappa shape index (κ1) is 8.21. The maximum Gasteiger partial charge on any atom is 0.214 e. The maximum atomic E-state index is 10.9. The summed E-state index contributed by atoms with van der Waals surface area (Å²) in [4.78, 5) is 21.9. The first-order chi connectivity index (χ1) is 4.55. The number of halogens is 2. The molecule has 1 saturated carbocycles. The van der Waals surface area contributed by atoms with Crippen molar-refractivity contribution in [2.24, 2.45) is 0 Å². The SMILES string of the molecule is O=C1CCCC(=O)C1(Cl)Br. The van der Waals surface area contributed by atoms with Crippen LogP contribution in [0.25, 0.3) is 0 Å². The number of alkyl halides is 2. The Morgan fingerprint density at radius 2 is 1.70 bits per heavy atom. The van der Waals surface area contributed by atoms with E-state index in [0.717, 1.165) is 0 Å². The molecule has 0 amide bonds. The van der Waals surface area contributed by atoms with Crippen LogP contribution < -0.4 is 0 Å². The summed E-state index contributed by atoms with van der Waals surface area (Å²) < 4.78 is -1.40. The third-order valence-electron chi connectivity index (χ3n) is 1.51. The highest BCUT2D eigenvalue weighted by atomic mass is 79.9. The predicted molar refractivity (Wildman–Crippen MR) is 41.4 cm³/mol. The second-order valence-corrected chi connectivity index (χ2v) is 4.49. The van der Waals surface area contributed by atoms with Crippen LogP contribution in [-0.2, 0) is 9.59 Å². The first-order valence-corrected chi connectivity index (χ1v) is 4.16. The topological polar surface area (TPSA) is 34.1 Å². The van der Waals surface area contributed by atoms with Crippen molar-refractivity contribution in [2.45, 2.75) is 23.0 Å². The molecule has 0 atom stereocenters. The lowest BCUT2D eigenvalue weighted by atomic mass is 9.97. The van der Waals surface area contributed by atoms with Gasteiger partial charge in [-0.1, -0.05) is 27.5 Å². The highest BCUT2D eigenvalue weighted by molar-refractivity contribution is 9.11. The minimum Gasteiger partial charge on any atom is -0.296 e. The number of hydrogen-bond acceptors (Lipinski definition) is 2. The average Bonchev–Trinajstić information content (AvgIpc) is 1.84. The van der Waals surface area contributed by atoms with Gasteiger partial charge in [0.2, 0.25) is 3.78 Å². The summed E-state index contributed by atoms with van der Waals surface area (Å²) in [5.41, 5.74) is 0. The average molecular weight is 225 g/mol. The fourth-order valence-electron chi connectivity index (χ4n) is 0.879. The van der Waals surface area contributed by atoms with E-state index in [-0.39, 0.29) is 11.6 Å². The molecule has 1 fully saturated rings. The Balaban J connectivity index is 2.83. The number of rotatable bonds is 0. The van der Waals surface area contributed by atoms with E-state index >= 15 is 0 Å². The molecule has 1 aliphatic rings. The zero-order valence-corrected chi connectivity index (χ0v) is 7.54. The Hall–Kier alpha value is 0.110. The van der Waals surface area contributed by atoms with Gasteiger partial charge in [-0.15, -0.1) is 0 Å². The van der Waals surface area contributed by atoms with Crippen molar-refractivity contribution < 1.29 is 9.59 Å². The Bertz CT molecular complexity index is 170. The number of ketones is 2. The Labute approximate surface area is 72.1 Å². The van der Waals surface area contributed by atoms with Gasteiger partial charge in [-0.05, 0) is 6.42 Å². The van der Waals surface area contributed by atoms with Crippen LogP contribution in [-0.4, -0.2) is 15.3 Å². The third-order valence-corrected chi connectivity index (χ3v) is 2.81. The number of carbonyl (C=O) groups excluding carboxylic acids is 2. The molecule has 0 bridgehead atoms. The normalized spacial score (nSPS) is 25.0. The molecule has 0 N–H and O–H groups in total. The lowest BCUT2D eigenvalue weighted by molar-refractivity contribution is -0.129. The van der Waals surface area contributed by atoms with Crippen LogP contribution in [0.2, 0.25) is 0 Å². The lowest BCUT2D eigenvalue weighted by Crippen LogP contribution is -2.38. The first-order valence-electron chi connectivity index (χ1n) is 2.99. The molecular formula is C6H6BrClO2. The fraction of sp³-hybridized carbons (Fsp3) is 0.667. The van der Waals surface area contributed by atoms with Gasteiger partial charge in [-0.3, -0.25) is 9.59 Å². The standard InChI is InChI=1S/C6H6BrClO2/c7-6(8)4(9)2-1-3-5(6)10/h1-3H2. The van der Waals surface area contributed by atoms with Crippen molar-refractivity contribution in [1.29, 1.82) is 0 Å². The smallest absolute Gasteiger partial charge is 0.214 e. The summed E-state index contributed by atoms with van der Waals surface area (Å²) in [6.45, 7) is 0. The molecule has 0 aliphatic heterocycles. The van der Waals surface area contributed by atoms with Gasteiger partial charge >= 0.3 is 0 Å². The van der Waals surface area contributed by atoms with Gasteiger partial charge in [0.15, 0.2) is 11.6 Å². The molecule has 4 heteroatoms. The van der Waals surface area contributed by atoms with E-state index < -0.39 is 3.78 Å². The highest BCUT2D eigenvalue weighted by Crippen LogP contribution is 2.33. The van der Waals surface area contributed by atoms with E-state index in [0.29, 0.717) is 19.3 Å². The largest absolute Gasteiger partial charge is 0.296 e. The summed E-state index contributed by atoms with van der Waals surface area (Å²) in [5, 5.41) is 0. The molecule has 0 heterocycles. The Morgan fingerprint density at radius 1 is 1.30 bits per heavy atom. The molecule has 2 nitrogen and oxygen atoms in total. The molecule has 10 heavy (non-hydrogen) atoms. The molecular weight excluding hydrogens is 219 g/mol.